The van der Waals surface area contributed by atoms with Crippen molar-refractivity contribution in [1.82, 2.24) is 4.90 Å². The molecule has 2 amide bonds. The van der Waals surface area contributed by atoms with E-state index in [0.717, 1.165) is 16.9 Å². The van der Waals surface area contributed by atoms with Gasteiger partial charge in [0.05, 0.1) is 17.1 Å². The van der Waals surface area contributed by atoms with Gasteiger partial charge in [-0.05, 0) is 48.7 Å². The fourth-order valence-electron chi connectivity index (χ4n) is 3.13. The van der Waals surface area contributed by atoms with Crippen LogP contribution >= 0.6 is 23.4 Å². The molecule has 2 aromatic carbocycles. The van der Waals surface area contributed by atoms with Crippen molar-refractivity contribution < 1.29 is 14.3 Å². The average molecular weight is 430 g/mol. The largest absolute Gasteiger partial charge is 0.494 e. The summed E-state index contributed by atoms with van der Waals surface area (Å²) in [7, 11) is 0. The number of carbonyl (C=O) groups excluding carboxylic acids is 2. The van der Waals surface area contributed by atoms with E-state index in [4.69, 9.17) is 16.3 Å². The molecule has 0 saturated heterocycles. The summed E-state index contributed by atoms with van der Waals surface area (Å²) < 4.78 is 5.49. The highest BCUT2D eigenvalue weighted by molar-refractivity contribution is 8.04. The molecule has 0 radical (unpaired) electrons. The van der Waals surface area contributed by atoms with E-state index in [1.54, 1.807) is 0 Å². The second-order valence-corrected chi connectivity index (χ2v) is 8.99. The van der Waals surface area contributed by atoms with E-state index in [0.29, 0.717) is 35.1 Å². The molecule has 0 fully saturated rings. The molecule has 3 rings (SSSR count). The zero-order chi connectivity index (χ0) is 21.0. The first kappa shape index (κ1) is 21.5. The average Bonchev–Trinajstić information content (AvgIpc) is 2.92. The first-order chi connectivity index (χ1) is 13.9. The Morgan fingerprint density at radius 3 is 2.24 bits per heavy atom. The predicted octanol–water partition coefficient (Wildman–Crippen LogP) is 5.20. The van der Waals surface area contributed by atoms with Gasteiger partial charge >= 0.3 is 0 Å². The molecule has 1 aliphatic rings. The van der Waals surface area contributed by atoms with E-state index >= 15 is 0 Å². The van der Waals surface area contributed by atoms with E-state index < -0.39 is 0 Å². The SMILES string of the molecule is CCOc1ccc(C2=C(SC(C)C)C(=O)N(CCc3ccc(Cl)cc3)C2=O)cc1. The van der Waals surface area contributed by atoms with E-state index in [1.807, 2.05) is 69.3 Å². The summed E-state index contributed by atoms with van der Waals surface area (Å²) >= 11 is 7.37. The summed E-state index contributed by atoms with van der Waals surface area (Å²) in [6, 6.07) is 14.8. The molecule has 0 atom stereocenters. The minimum Gasteiger partial charge on any atom is -0.494 e. The van der Waals surface area contributed by atoms with Crippen LogP contribution < -0.4 is 4.74 Å². The van der Waals surface area contributed by atoms with Gasteiger partial charge in [0.25, 0.3) is 11.8 Å². The van der Waals surface area contributed by atoms with Crippen LogP contribution in [0.15, 0.2) is 53.4 Å². The van der Waals surface area contributed by atoms with Crippen LogP contribution in [0.2, 0.25) is 5.02 Å². The molecule has 0 aromatic heterocycles. The van der Waals surface area contributed by atoms with Crippen molar-refractivity contribution in [2.75, 3.05) is 13.2 Å². The van der Waals surface area contributed by atoms with Crippen molar-refractivity contribution in [2.24, 2.45) is 0 Å². The topological polar surface area (TPSA) is 46.6 Å². The normalized spacial score (nSPS) is 14.3. The Morgan fingerprint density at radius 1 is 1.00 bits per heavy atom. The van der Waals surface area contributed by atoms with Crippen molar-refractivity contribution in [3.63, 3.8) is 0 Å². The van der Waals surface area contributed by atoms with Gasteiger partial charge in [0.15, 0.2) is 0 Å². The van der Waals surface area contributed by atoms with E-state index in [2.05, 4.69) is 0 Å². The predicted molar refractivity (Wildman–Crippen MR) is 119 cm³/mol. The molecule has 0 aliphatic carbocycles. The lowest BCUT2D eigenvalue weighted by molar-refractivity contribution is -0.136. The van der Waals surface area contributed by atoms with Crippen LogP contribution in [0.25, 0.3) is 5.57 Å². The van der Waals surface area contributed by atoms with Gasteiger partial charge in [-0.15, -0.1) is 11.8 Å². The molecule has 0 saturated carbocycles. The Kier molecular flexibility index (Phi) is 7.04. The summed E-state index contributed by atoms with van der Waals surface area (Å²) in [5.41, 5.74) is 2.25. The quantitative estimate of drug-likeness (QED) is 0.541. The third kappa shape index (κ3) is 5.03. The lowest BCUT2D eigenvalue weighted by atomic mass is 10.1. The zero-order valence-electron chi connectivity index (χ0n) is 16.8. The molecule has 29 heavy (non-hydrogen) atoms. The second kappa shape index (κ2) is 9.51. The lowest BCUT2D eigenvalue weighted by Gasteiger charge is -2.15. The highest BCUT2D eigenvalue weighted by Gasteiger charge is 2.39. The van der Waals surface area contributed by atoms with Gasteiger partial charge in [-0.25, -0.2) is 0 Å². The summed E-state index contributed by atoms with van der Waals surface area (Å²) in [6.45, 7) is 6.86. The molecule has 0 unspecified atom stereocenters. The smallest absolute Gasteiger partial charge is 0.268 e. The van der Waals surface area contributed by atoms with Crippen LogP contribution in [0.5, 0.6) is 5.75 Å². The van der Waals surface area contributed by atoms with Gasteiger partial charge in [-0.1, -0.05) is 49.7 Å². The first-order valence-electron chi connectivity index (χ1n) is 9.65. The number of amides is 2. The fourth-order valence-corrected chi connectivity index (χ4v) is 4.26. The number of halogens is 1. The van der Waals surface area contributed by atoms with Crippen molar-refractivity contribution in [1.29, 1.82) is 0 Å². The molecular formula is C23H24ClNO3S. The summed E-state index contributed by atoms with van der Waals surface area (Å²) in [4.78, 5) is 28.1. The summed E-state index contributed by atoms with van der Waals surface area (Å²) in [5, 5.41) is 0.854. The Balaban J connectivity index is 1.85. The maximum absolute atomic E-state index is 13.2. The van der Waals surface area contributed by atoms with Crippen LogP contribution in [0.4, 0.5) is 0 Å². The maximum Gasteiger partial charge on any atom is 0.268 e. The summed E-state index contributed by atoms with van der Waals surface area (Å²) in [5.74, 6) is 0.286. The molecular weight excluding hydrogens is 406 g/mol. The number of thioether (sulfide) groups is 1. The van der Waals surface area contributed by atoms with Gasteiger partial charge in [0, 0.05) is 16.8 Å². The Labute approximate surface area is 180 Å². The van der Waals surface area contributed by atoms with Crippen molar-refractivity contribution in [3.8, 4) is 5.75 Å². The van der Waals surface area contributed by atoms with Gasteiger partial charge in [0.2, 0.25) is 0 Å². The molecule has 0 bridgehead atoms. The number of nitrogens with zero attached hydrogens (tertiary/aromatic N) is 1. The van der Waals surface area contributed by atoms with Crippen LogP contribution in [0.1, 0.15) is 31.9 Å². The Bertz CT molecular complexity index is 920. The fraction of sp³-hybridized carbons (Fsp3) is 0.304. The Morgan fingerprint density at radius 2 is 1.66 bits per heavy atom. The lowest BCUT2D eigenvalue weighted by Crippen LogP contribution is -2.33. The minimum atomic E-state index is -0.240. The van der Waals surface area contributed by atoms with Crippen LogP contribution in [-0.2, 0) is 16.0 Å². The van der Waals surface area contributed by atoms with E-state index in [1.165, 1.54) is 16.7 Å². The van der Waals surface area contributed by atoms with Crippen molar-refractivity contribution >= 4 is 40.8 Å². The molecule has 152 valence electrons. The summed E-state index contributed by atoms with van der Waals surface area (Å²) in [6.07, 6.45) is 0.588. The van der Waals surface area contributed by atoms with Crippen molar-refractivity contribution in [3.05, 3.63) is 69.6 Å². The van der Waals surface area contributed by atoms with Gasteiger partial charge in [0.1, 0.15) is 5.75 Å². The number of imide groups is 1. The minimum absolute atomic E-state index is 0.190. The third-order valence-corrected chi connectivity index (χ3v) is 5.81. The van der Waals surface area contributed by atoms with Gasteiger partial charge in [-0.2, -0.15) is 0 Å². The van der Waals surface area contributed by atoms with Crippen LogP contribution in [0.3, 0.4) is 0 Å². The number of hydrogen-bond donors (Lipinski definition) is 0. The molecule has 1 heterocycles. The van der Waals surface area contributed by atoms with Gasteiger partial charge in [-0.3, -0.25) is 14.5 Å². The highest BCUT2D eigenvalue weighted by Crippen LogP contribution is 2.38. The number of carbonyl (C=O) groups is 2. The zero-order valence-corrected chi connectivity index (χ0v) is 18.3. The molecule has 1 aliphatic heterocycles. The molecule has 0 N–H and O–H groups in total. The molecule has 0 spiro atoms. The van der Waals surface area contributed by atoms with Crippen molar-refractivity contribution in [2.45, 2.75) is 32.4 Å². The third-order valence-electron chi connectivity index (χ3n) is 4.47. The number of ether oxygens (including phenoxy) is 1. The number of rotatable bonds is 8. The van der Waals surface area contributed by atoms with Gasteiger partial charge < -0.3 is 4.74 Å². The number of benzene rings is 2. The first-order valence-corrected chi connectivity index (χ1v) is 10.9. The van der Waals surface area contributed by atoms with E-state index in [9.17, 15) is 9.59 Å². The van der Waals surface area contributed by atoms with E-state index in [-0.39, 0.29) is 17.1 Å². The molecule has 6 heteroatoms. The van der Waals surface area contributed by atoms with Crippen LogP contribution in [-0.4, -0.2) is 35.1 Å². The number of hydrogen-bond acceptors (Lipinski definition) is 4. The monoisotopic (exact) mass is 429 g/mol. The highest BCUT2D eigenvalue weighted by atomic mass is 35.5. The van der Waals surface area contributed by atoms with Crippen LogP contribution in [0, 0.1) is 0 Å². The second-order valence-electron chi connectivity index (χ2n) is 6.97. The molecule has 4 nitrogen and oxygen atoms in total. The maximum atomic E-state index is 13.2. The standard InChI is InChI=1S/C23H24ClNO3S/c1-4-28-19-11-7-17(8-12-19)20-21(29-15(2)3)23(27)25(22(20)26)14-13-16-5-9-18(24)10-6-16/h5-12,15H,4,13-14H2,1-3H3. The molecule has 2 aromatic rings. The Hall–Kier alpha value is -2.24.